The molecule has 1 saturated heterocycles. The highest BCUT2D eigenvalue weighted by Gasteiger charge is 2.42. The van der Waals surface area contributed by atoms with Gasteiger partial charge in [0.25, 0.3) is 0 Å². The number of benzene rings is 1. The molecule has 2 aliphatic rings. The second-order valence-electron chi connectivity index (χ2n) is 8.06. The highest BCUT2D eigenvalue weighted by atomic mass is 35.5. The molecule has 0 unspecified atom stereocenters. The van der Waals surface area contributed by atoms with Gasteiger partial charge in [0.1, 0.15) is 0 Å². The first-order chi connectivity index (χ1) is 14.6. The van der Waals surface area contributed by atoms with Crippen molar-refractivity contribution in [2.24, 2.45) is 0 Å². The number of anilines is 1. The van der Waals surface area contributed by atoms with Crippen LogP contribution in [0.5, 0.6) is 6.01 Å². The summed E-state index contributed by atoms with van der Waals surface area (Å²) in [5.74, 6) is 1.15. The molecule has 2 heterocycles. The van der Waals surface area contributed by atoms with Crippen LogP contribution in [-0.2, 0) is 16.8 Å². The largest absolute Gasteiger partial charge is 0.467 e. The molecule has 7 nitrogen and oxygen atoms in total. The van der Waals surface area contributed by atoms with Gasteiger partial charge in [0.05, 0.1) is 19.1 Å². The molecule has 2 aromatic rings. The molecule has 1 saturated carbocycles. The molecule has 160 valence electrons. The lowest BCUT2D eigenvalue weighted by molar-refractivity contribution is -0.126. The molecule has 1 aliphatic heterocycles. The molecule has 1 amide bonds. The number of hydrogen-bond donors (Lipinski definition) is 1. The Morgan fingerprint density at radius 2 is 1.77 bits per heavy atom. The van der Waals surface area contributed by atoms with Crippen LogP contribution in [0.2, 0.25) is 5.02 Å². The molecule has 1 N–H and O–H groups in total. The van der Waals surface area contributed by atoms with Crippen molar-refractivity contribution in [3.8, 4) is 6.01 Å². The minimum absolute atomic E-state index is 0.0150. The predicted molar refractivity (Wildman–Crippen MR) is 116 cm³/mol. The average molecular weight is 430 g/mol. The molecular weight excluding hydrogens is 402 g/mol. The fraction of sp³-hybridized carbons (Fsp3) is 0.545. The Labute approximate surface area is 182 Å². The number of aromatic nitrogens is 3. The number of piperidine rings is 1. The van der Waals surface area contributed by atoms with E-state index in [0.717, 1.165) is 57.2 Å². The number of rotatable bonds is 6. The van der Waals surface area contributed by atoms with Crippen LogP contribution in [0.4, 0.5) is 5.95 Å². The molecule has 0 bridgehead atoms. The van der Waals surface area contributed by atoms with Gasteiger partial charge in [-0.05, 0) is 49.8 Å². The summed E-state index contributed by atoms with van der Waals surface area (Å²) in [6.07, 6.45) is 7.23. The van der Waals surface area contributed by atoms with Crippen LogP contribution < -0.4 is 15.0 Å². The molecule has 0 spiro atoms. The molecule has 1 aliphatic carbocycles. The number of methoxy groups -OCH3 is 1. The lowest BCUT2D eigenvalue weighted by atomic mass is 9.78. The molecule has 1 aromatic heterocycles. The molecule has 0 atom stereocenters. The number of nitrogens with one attached hydrogen (secondary N) is 1. The van der Waals surface area contributed by atoms with Gasteiger partial charge >= 0.3 is 6.01 Å². The first-order valence-electron chi connectivity index (χ1n) is 10.7. The van der Waals surface area contributed by atoms with Crippen LogP contribution in [0.15, 0.2) is 24.3 Å². The minimum atomic E-state index is -0.516. The second kappa shape index (κ2) is 9.16. The summed E-state index contributed by atoms with van der Waals surface area (Å²) in [5.41, 5.74) is 0.501. The van der Waals surface area contributed by atoms with Gasteiger partial charge in [-0.3, -0.25) is 4.79 Å². The van der Waals surface area contributed by atoms with Gasteiger partial charge in [-0.1, -0.05) is 36.6 Å². The Bertz CT molecular complexity index is 878. The van der Waals surface area contributed by atoms with Crippen molar-refractivity contribution in [3.05, 3.63) is 40.7 Å². The maximum atomic E-state index is 13.3. The van der Waals surface area contributed by atoms with E-state index >= 15 is 0 Å². The van der Waals surface area contributed by atoms with Gasteiger partial charge in [0.15, 0.2) is 5.82 Å². The van der Waals surface area contributed by atoms with E-state index in [1.807, 2.05) is 24.3 Å². The van der Waals surface area contributed by atoms with Gasteiger partial charge < -0.3 is 15.0 Å². The Balaban J connectivity index is 1.51. The smallest absolute Gasteiger partial charge is 0.321 e. The summed E-state index contributed by atoms with van der Waals surface area (Å²) in [5, 5.41) is 3.75. The van der Waals surface area contributed by atoms with Crippen molar-refractivity contribution in [1.29, 1.82) is 0 Å². The summed E-state index contributed by atoms with van der Waals surface area (Å²) in [6, 6.07) is 7.92. The van der Waals surface area contributed by atoms with Crippen LogP contribution in [0, 0.1) is 0 Å². The third kappa shape index (κ3) is 4.36. The third-order valence-electron chi connectivity index (χ3n) is 6.17. The van der Waals surface area contributed by atoms with Gasteiger partial charge in [0, 0.05) is 18.1 Å². The van der Waals surface area contributed by atoms with E-state index in [0.29, 0.717) is 16.8 Å². The molecule has 30 heavy (non-hydrogen) atoms. The van der Waals surface area contributed by atoms with Crippen LogP contribution in [-0.4, -0.2) is 41.1 Å². The zero-order valence-electron chi connectivity index (χ0n) is 17.4. The van der Waals surface area contributed by atoms with Crippen LogP contribution >= 0.6 is 11.6 Å². The van der Waals surface area contributed by atoms with Gasteiger partial charge in [-0.15, -0.1) is 0 Å². The minimum Gasteiger partial charge on any atom is -0.467 e. The van der Waals surface area contributed by atoms with Crippen LogP contribution in [0.1, 0.15) is 56.3 Å². The number of ether oxygens (including phenoxy) is 1. The van der Waals surface area contributed by atoms with Gasteiger partial charge in [0.2, 0.25) is 11.9 Å². The van der Waals surface area contributed by atoms with E-state index in [4.69, 9.17) is 16.3 Å². The van der Waals surface area contributed by atoms with Gasteiger partial charge in [-0.25, -0.2) is 0 Å². The maximum absolute atomic E-state index is 13.3. The van der Waals surface area contributed by atoms with E-state index in [2.05, 4.69) is 25.2 Å². The maximum Gasteiger partial charge on any atom is 0.321 e. The van der Waals surface area contributed by atoms with E-state index in [1.165, 1.54) is 6.42 Å². The summed E-state index contributed by atoms with van der Waals surface area (Å²) in [7, 11) is 1.55. The number of halogens is 1. The van der Waals surface area contributed by atoms with Crippen molar-refractivity contribution in [2.75, 3.05) is 25.1 Å². The van der Waals surface area contributed by atoms with Crippen molar-refractivity contribution in [3.63, 3.8) is 0 Å². The molecular formula is C22H28ClN5O2. The quantitative estimate of drug-likeness (QED) is 0.754. The van der Waals surface area contributed by atoms with Gasteiger partial charge in [-0.2, -0.15) is 15.0 Å². The highest BCUT2D eigenvalue weighted by Crippen LogP contribution is 2.41. The van der Waals surface area contributed by atoms with E-state index in [1.54, 1.807) is 7.11 Å². The summed E-state index contributed by atoms with van der Waals surface area (Å²) in [4.78, 5) is 28.8. The fourth-order valence-electron chi connectivity index (χ4n) is 4.51. The molecule has 0 radical (unpaired) electrons. The molecule has 8 heteroatoms. The van der Waals surface area contributed by atoms with Crippen molar-refractivity contribution < 1.29 is 9.53 Å². The molecule has 2 fully saturated rings. The Morgan fingerprint density at radius 1 is 1.07 bits per heavy atom. The monoisotopic (exact) mass is 429 g/mol. The van der Waals surface area contributed by atoms with Crippen LogP contribution in [0.3, 0.4) is 0 Å². The highest BCUT2D eigenvalue weighted by molar-refractivity contribution is 6.30. The molecule has 1 aromatic carbocycles. The average Bonchev–Trinajstić information content (AvgIpc) is 3.29. The first-order valence-corrected chi connectivity index (χ1v) is 11.1. The summed E-state index contributed by atoms with van der Waals surface area (Å²) in [6.45, 7) is 2.10. The topological polar surface area (TPSA) is 80.2 Å². The first kappa shape index (κ1) is 20.8. The van der Waals surface area contributed by atoms with Crippen molar-refractivity contribution in [1.82, 2.24) is 20.3 Å². The second-order valence-corrected chi connectivity index (χ2v) is 8.50. The zero-order chi connectivity index (χ0) is 21.0. The third-order valence-corrected chi connectivity index (χ3v) is 6.42. The number of hydrogen-bond acceptors (Lipinski definition) is 6. The summed E-state index contributed by atoms with van der Waals surface area (Å²) < 4.78 is 5.28. The number of nitrogens with zero attached hydrogens (tertiary/aromatic N) is 4. The van der Waals surface area contributed by atoms with E-state index in [-0.39, 0.29) is 18.5 Å². The van der Waals surface area contributed by atoms with E-state index < -0.39 is 5.41 Å². The SMILES string of the molecule is COc1nc(CNC(=O)C2(c3ccc(Cl)cc3)CCCC2)nc(N2CCCCC2)n1. The predicted octanol–water partition coefficient (Wildman–Crippen LogP) is 3.65. The van der Waals surface area contributed by atoms with Crippen molar-refractivity contribution >= 4 is 23.5 Å². The van der Waals surface area contributed by atoms with Crippen molar-refractivity contribution in [2.45, 2.75) is 56.9 Å². The zero-order valence-corrected chi connectivity index (χ0v) is 18.1. The standard InChI is InChI=1S/C22H28ClN5O2/c1-30-21-26-18(25-20(27-21)28-13-5-2-6-14-28)15-24-19(29)22(11-3-4-12-22)16-7-9-17(23)10-8-16/h7-10H,2-6,11-15H2,1H3,(H,24,29). The number of amides is 1. The lowest BCUT2D eigenvalue weighted by Crippen LogP contribution is -2.42. The lowest BCUT2D eigenvalue weighted by Gasteiger charge is -2.28. The van der Waals surface area contributed by atoms with E-state index in [9.17, 15) is 4.79 Å². The van der Waals surface area contributed by atoms with Crippen LogP contribution in [0.25, 0.3) is 0 Å². The number of carbonyl (C=O) groups is 1. The number of carbonyl (C=O) groups excluding carboxylic acids is 1. The Hall–Kier alpha value is -2.41. The fourth-order valence-corrected chi connectivity index (χ4v) is 4.64. The Morgan fingerprint density at radius 3 is 2.43 bits per heavy atom. The summed E-state index contributed by atoms with van der Waals surface area (Å²) >= 11 is 6.05. The molecule has 4 rings (SSSR count). The normalized spacial score (nSPS) is 18.3. The Kier molecular flexibility index (Phi) is 6.37.